The van der Waals surface area contributed by atoms with Crippen LogP contribution in [0.25, 0.3) is 0 Å². The zero-order valence-corrected chi connectivity index (χ0v) is 14.9. The first kappa shape index (κ1) is 21.4. The highest BCUT2D eigenvalue weighted by Crippen LogP contribution is 2.15. The van der Waals surface area contributed by atoms with Gasteiger partial charge in [-0.15, -0.1) is 0 Å². The standard InChI is InChI=1S/C19H32O4/c1-5-7-8-9-10-11-12-13-17(6-2)19(21)23-15-14-22-18(20)16(3)4/h8-9,17H,3,5-7,10-15H2,1-2,4H3. The predicted molar refractivity (Wildman–Crippen MR) is 93.0 cm³/mol. The number of carbonyl (C=O) groups is 2. The monoisotopic (exact) mass is 324 g/mol. The third-order valence-corrected chi connectivity index (χ3v) is 3.53. The van der Waals surface area contributed by atoms with Crippen molar-refractivity contribution < 1.29 is 19.1 Å². The maximum atomic E-state index is 12.0. The molecule has 0 bridgehead atoms. The van der Waals surface area contributed by atoms with Crippen LogP contribution in [0.3, 0.4) is 0 Å². The number of hydrogen-bond acceptors (Lipinski definition) is 4. The first-order valence-corrected chi connectivity index (χ1v) is 8.67. The van der Waals surface area contributed by atoms with Crippen LogP contribution in [0.1, 0.15) is 65.7 Å². The number of carbonyl (C=O) groups excluding carboxylic acids is 2. The lowest BCUT2D eigenvalue weighted by atomic mass is 9.98. The minimum atomic E-state index is -0.454. The lowest BCUT2D eigenvalue weighted by Crippen LogP contribution is -2.20. The molecular formula is C19H32O4. The number of ether oxygens (including phenoxy) is 2. The van der Waals surface area contributed by atoms with Crippen LogP contribution in [0, 0.1) is 5.92 Å². The fourth-order valence-electron chi connectivity index (χ4n) is 2.06. The number of esters is 2. The lowest BCUT2D eigenvalue weighted by molar-refractivity contribution is -0.154. The van der Waals surface area contributed by atoms with Gasteiger partial charge in [-0.25, -0.2) is 4.79 Å². The molecule has 0 aromatic rings. The van der Waals surface area contributed by atoms with E-state index in [0.717, 1.165) is 38.5 Å². The Kier molecular flexibility index (Phi) is 13.1. The summed E-state index contributed by atoms with van der Waals surface area (Å²) in [6.07, 6.45) is 11.6. The molecule has 0 N–H and O–H groups in total. The Bertz CT molecular complexity index is 385. The summed E-state index contributed by atoms with van der Waals surface area (Å²) in [6.45, 7) is 9.42. The van der Waals surface area contributed by atoms with Crippen molar-refractivity contribution in [3.63, 3.8) is 0 Å². The molecule has 4 nitrogen and oxygen atoms in total. The van der Waals surface area contributed by atoms with Gasteiger partial charge in [-0.2, -0.15) is 0 Å². The molecule has 23 heavy (non-hydrogen) atoms. The maximum absolute atomic E-state index is 12.0. The fourth-order valence-corrected chi connectivity index (χ4v) is 2.06. The van der Waals surface area contributed by atoms with Crippen LogP contribution in [-0.4, -0.2) is 25.2 Å². The maximum Gasteiger partial charge on any atom is 0.333 e. The number of rotatable bonds is 13. The molecule has 0 aromatic heterocycles. The van der Waals surface area contributed by atoms with Gasteiger partial charge in [0, 0.05) is 5.57 Å². The summed E-state index contributed by atoms with van der Waals surface area (Å²) >= 11 is 0. The van der Waals surface area contributed by atoms with E-state index >= 15 is 0 Å². The summed E-state index contributed by atoms with van der Waals surface area (Å²) < 4.78 is 10.1. The van der Waals surface area contributed by atoms with Crippen LogP contribution in [-0.2, 0) is 19.1 Å². The molecule has 0 saturated carbocycles. The smallest absolute Gasteiger partial charge is 0.333 e. The molecule has 4 heteroatoms. The summed E-state index contributed by atoms with van der Waals surface area (Å²) in [5.41, 5.74) is 0.343. The van der Waals surface area contributed by atoms with E-state index in [1.54, 1.807) is 6.92 Å². The van der Waals surface area contributed by atoms with Crippen LogP contribution < -0.4 is 0 Å². The molecule has 0 aromatic carbocycles. The molecule has 0 aliphatic rings. The van der Waals surface area contributed by atoms with Crippen molar-refractivity contribution in [3.8, 4) is 0 Å². The van der Waals surface area contributed by atoms with Gasteiger partial charge in [0.2, 0.25) is 0 Å². The highest BCUT2D eigenvalue weighted by Gasteiger charge is 2.17. The zero-order valence-electron chi connectivity index (χ0n) is 14.9. The summed E-state index contributed by atoms with van der Waals surface area (Å²) in [7, 11) is 0. The molecule has 0 spiro atoms. The first-order valence-electron chi connectivity index (χ1n) is 8.67. The Balaban J connectivity index is 3.81. The van der Waals surface area contributed by atoms with Gasteiger partial charge in [0.1, 0.15) is 13.2 Å². The van der Waals surface area contributed by atoms with E-state index < -0.39 is 5.97 Å². The normalized spacial score (nSPS) is 12.1. The molecule has 0 aliphatic carbocycles. The molecule has 1 atom stereocenters. The molecule has 0 rings (SSSR count). The highest BCUT2D eigenvalue weighted by molar-refractivity contribution is 5.86. The summed E-state index contributed by atoms with van der Waals surface area (Å²) in [6, 6.07) is 0. The zero-order chi connectivity index (χ0) is 17.5. The van der Waals surface area contributed by atoms with Crippen LogP contribution in [0.4, 0.5) is 0 Å². The molecule has 0 amide bonds. The van der Waals surface area contributed by atoms with Gasteiger partial charge < -0.3 is 9.47 Å². The first-order chi connectivity index (χ1) is 11.0. The minimum Gasteiger partial charge on any atom is -0.462 e. The second-order valence-corrected chi connectivity index (χ2v) is 5.73. The molecule has 0 heterocycles. The number of hydrogen-bond donors (Lipinski definition) is 0. The topological polar surface area (TPSA) is 52.6 Å². The van der Waals surface area contributed by atoms with E-state index in [0.29, 0.717) is 5.57 Å². The van der Waals surface area contributed by atoms with Crippen molar-refractivity contribution in [2.75, 3.05) is 13.2 Å². The van der Waals surface area contributed by atoms with Gasteiger partial charge >= 0.3 is 11.9 Å². The Hall–Kier alpha value is -1.58. The summed E-state index contributed by atoms with van der Waals surface area (Å²) in [4.78, 5) is 23.1. The van der Waals surface area contributed by atoms with Crippen molar-refractivity contribution in [1.29, 1.82) is 0 Å². The molecule has 0 aliphatic heterocycles. The lowest BCUT2D eigenvalue weighted by Gasteiger charge is -2.14. The third kappa shape index (κ3) is 11.6. The van der Waals surface area contributed by atoms with E-state index in [-0.39, 0.29) is 25.1 Å². The SMILES string of the molecule is C=C(C)C(=O)OCCOC(=O)C(CC)CCCCC=CCCC. The van der Waals surface area contributed by atoms with Crippen molar-refractivity contribution in [3.05, 3.63) is 24.3 Å². The van der Waals surface area contributed by atoms with Gasteiger partial charge in [-0.05, 0) is 39.0 Å². The highest BCUT2D eigenvalue weighted by atomic mass is 16.6. The van der Waals surface area contributed by atoms with Crippen molar-refractivity contribution in [1.82, 2.24) is 0 Å². The summed E-state index contributed by atoms with van der Waals surface area (Å²) in [5, 5.41) is 0. The third-order valence-electron chi connectivity index (χ3n) is 3.53. The van der Waals surface area contributed by atoms with Gasteiger partial charge in [-0.3, -0.25) is 4.79 Å². The largest absolute Gasteiger partial charge is 0.462 e. The van der Waals surface area contributed by atoms with Crippen molar-refractivity contribution >= 4 is 11.9 Å². The second-order valence-electron chi connectivity index (χ2n) is 5.73. The number of unbranched alkanes of at least 4 members (excludes halogenated alkanes) is 3. The number of allylic oxidation sites excluding steroid dienone is 2. The quantitative estimate of drug-likeness (QED) is 0.215. The van der Waals surface area contributed by atoms with Crippen LogP contribution in [0.2, 0.25) is 0 Å². The molecule has 0 saturated heterocycles. The molecule has 0 fully saturated rings. The average Bonchev–Trinajstić information content (AvgIpc) is 2.53. The molecular weight excluding hydrogens is 292 g/mol. The van der Waals surface area contributed by atoms with E-state index in [4.69, 9.17) is 9.47 Å². The Morgan fingerprint density at radius 1 is 1.04 bits per heavy atom. The van der Waals surface area contributed by atoms with Gasteiger partial charge in [0.15, 0.2) is 0 Å². The van der Waals surface area contributed by atoms with E-state index in [9.17, 15) is 9.59 Å². The van der Waals surface area contributed by atoms with E-state index in [1.165, 1.54) is 6.42 Å². The molecule has 132 valence electrons. The average molecular weight is 324 g/mol. The molecule has 1 unspecified atom stereocenters. The predicted octanol–water partition coefficient (Wildman–Crippen LogP) is 4.59. The van der Waals surface area contributed by atoms with Crippen molar-refractivity contribution in [2.24, 2.45) is 5.92 Å². The summed E-state index contributed by atoms with van der Waals surface area (Å²) in [5.74, 6) is -0.712. The van der Waals surface area contributed by atoms with Gasteiger partial charge in [-0.1, -0.05) is 45.4 Å². The fraction of sp³-hybridized carbons (Fsp3) is 0.684. The minimum absolute atomic E-state index is 0.0635. The van der Waals surface area contributed by atoms with Gasteiger partial charge in [0.05, 0.1) is 5.92 Å². The van der Waals surface area contributed by atoms with Crippen molar-refractivity contribution in [2.45, 2.75) is 65.7 Å². The van der Waals surface area contributed by atoms with Crippen LogP contribution in [0.5, 0.6) is 0 Å². The van der Waals surface area contributed by atoms with E-state index in [2.05, 4.69) is 25.7 Å². The van der Waals surface area contributed by atoms with Crippen LogP contribution in [0.15, 0.2) is 24.3 Å². The molecule has 0 radical (unpaired) electrons. The van der Waals surface area contributed by atoms with E-state index in [1.807, 2.05) is 6.92 Å². The Labute approximate surface area is 140 Å². The van der Waals surface area contributed by atoms with Gasteiger partial charge in [0.25, 0.3) is 0 Å². The second kappa shape index (κ2) is 14.0. The Morgan fingerprint density at radius 3 is 2.30 bits per heavy atom. The Morgan fingerprint density at radius 2 is 1.70 bits per heavy atom. The van der Waals surface area contributed by atoms with Crippen LogP contribution >= 0.6 is 0 Å².